The van der Waals surface area contributed by atoms with Crippen LogP contribution in [0.2, 0.25) is 0 Å². The second-order valence-electron chi connectivity index (χ2n) is 9.16. The van der Waals surface area contributed by atoms with Gasteiger partial charge >= 0.3 is 0 Å². The Bertz CT molecular complexity index is 1020. The summed E-state index contributed by atoms with van der Waals surface area (Å²) < 4.78 is 12.6. The Kier molecular flexibility index (Phi) is 5.43. The van der Waals surface area contributed by atoms with Gasteiger partial charge in [0, 0.05) is 5.92 Å². The fraction of sp³-hybridized carbons (Fsp3) is 0.357. The van der Waals surface area contributed by atoms with Gasteiger partial charge in [-0.15, -0.1) is 0 Å². The van der Waals surface area contributed by atoms with Crippen LogP contribution in [0, 0.1) is 5.92 Å². The molecule has 2 aromatic carbocycles. The van der Waals surface area contributed by atoms with E-state index in [9.17, 15) is 5.11 Å². The number of benzene rings is 2. The fourth-order valence-electron chi connectivity index (χ4n) is 5.35. The van der Waals surface area contributed by atoms with Crippen molar-refractivity contribution in [2.24, 2.45) is 5.92 Å². The first-order valence-corrected chi connectivity index (χ1v) is 11.2. The van der Waals surface area contributed by atoms with Crippen molar-refractivity contribution >= 4 is 0 Å². The van der Waals surface area contributed by atoms with Gasteiger partial charge in [-0.05, 0) is 60.5 Å². The maximum Gasteiger partial charge on any atom is 0.164 e. The van der Waals surface area contributed by atoms with E-state index in [0.29, 0.717) is 5.92 Å². The molecule has 4 atom stereocenters. The number of fused-ring (bicyclic) bond motifs is 3. The molecule has 1 N–H and O–H groups in total. The number of hydrogen-bond donors (Lipinski definition) is 1. The van der Waals surface area contributed by atoms with Crippen molar-refractivity contribution in [3.8, 4) is 0 Å². The highest BCUT2D eigenvalue weighted by Gasteiger charge is 2.56. The van der Waals surface area contributed by atoms with Gasteiger partial charge in [0.25, 0.3) is 0 Å². The summed E-state index contributed by atoms with van der Waals surface area (Å²) in [6.45, 7) is 3.96. The van der Waals surface area contributed by atoms with E-state index in [1.165, 1.54) is 16.7 Å². The maximum absolute atomic E-state index is 10.1. The van der Waals surface area contributed by atoms with E-state index < -0.39 is 5.79 Å². The molecule has 160 valence electrons. The van der Waals surface area contributed by atoms with Crippen molar-refractivity contribution in [1.29, 1.82) is 0 Å². The second kappa shape index (κ2) is 8.23. The molecule has 3 heteroatoms. The highest BCUT2D eigenvalue weighted by Crippen LogP contribution is 2.54. The van der Waals surface area contributed by atoms with Gasteiger partial charge in [0.05, 0.1) is 6.61 Å². The molecule has 0 unspecified atom stereocenters. The lowest BCUT2D eigenvalue weighted by Gasteiger charge is -2.43. The van der Waals surface area contributed by atoms with E-state index in [1.807, 2.05) is 13.8 Å². The lowest BCUT2D eigenvalue weighted by atomic mass is 9.65. The number of aryl methyl sites for hydroxylation is 1. The van der Waals surface area contributed by atoms with Crippen molar-refractivity contribution in [2.45, 2.75) is 50.6 Å². The molecular weight excluding hydrogens is 384 g/mol. The molecular formula is C28H30O3. The molecule has 31 heavy (non-hydrogen) atoms. The molecule has 5 rings (SSSR count). The van der Waals surface area contributed by atoms with E-state index in [1.54, 1.807) is 0 Å². The Morgan fingerprint density at radius 3 is 2.29 bits per heavy atom. The SMILES string of the molecule is CC1(C)O[C@@H]2C3=C(/C(CO)=C\C=C/[C@@H](CCc4ccccc4)[C@@H]3c3ccccc3)[C@@H]2O1. The fourth-order valence-corrected chi connectivity index (χ4v) is 5.35. The lowest BCUT2D eigenvalue weighted by Crippen LogP contribution is -2.44. The Labute approximate surface area is 184 Å². The lowest BCUT2D eigenvalue weighted by molar-refractivity contribution is -0.137. The van der Waals surface area contributed by atoms with E-state index in [0.717, 1.165) is 24.0 Å². The van der Waals surface area contributed by atoms with Gasteiger partial charge in [-0.2, -0.15) is 0 Å². The Morgan fingerprint density at radius 1 is 0.903 bits per heavy atom. The molecule has 0 radical (unpaired) electrons. The number of aliphatic hydroxyl groups is 1. The molecule has 0 spiro atoms. The van der Waals surface area contributed by atoms with Crippen LogP contribution in [0.1, 0.15) is 37.3 Å². The third kappa shape index (κ3) is 3.82. The zero-order valence-electron chi connectivity index (χ0n) is 18.2. The number of rotatable bonds is 5. The van der Waals surface area contributed by atoms with Crippen LogP contribution < -0.4 is 0 Å². The summed E-state index contributed by atoms with van der Waals surface area (Å²) in [5, 5.41) is 10.1. The van der Waals surface area contributed by atoms with Crippen LogP contribution >= 0.6 is 0 Å². The predicted molar refractivity (Wildman–Crippen MR) is 123 cm³/mol. The number of ether oxygens (including phenoxy) is 2. The first-order valence-electron chi connectivity index (χ1n) is 11.2. The summed E-state index contributed by atoms with van der Waals surface area (Å²) in [6, 6.07) is 21.4. The van der Waals surface area contributed by atoms with Crippen LogP contribution in [0.5, 0.6) is 0 Å². The van der Waals surface area contributed by atoms with Gasteiger partial charge in [0.1, 0.15) is 12.2 Å². The second-order valence-corrected chi connectivity index (χ2v) is 9.16. The van der Waals surface area contributed by atoms with Crippen LogP contribution in [-0.4, -0.2) is 29.7 Å². The van der Waals surface area contributed by atoms with Gasteiger partial charge in [-0.1, -0.05) is 78.9 Å². The van der Waals surface area contributed by atoms with Crippen molar-refractivity contribution in [3.63, 3.8) is 0 Å². The van der Waals surface area contributed by atoms with Gasteiger partial charge in [0.15, 0.2) is 5.79 Å². The third-order valence-corrected chi connectivity index (χ3v) is 6.70. The van der Waals surface area contributed by atoms with E-state index in [2.05, 4.69) is 78.9 Å². The molecule has 3 aliphatic rings. The van der Waals surface area contributed by atoms with Gasteiger partial charge < -0.3 is 14.6 Å². The van der Waals surface area contributed by atoms with E-state index in [4.69, 9.17) is 9.47 Å². The van der Waals surface area contributed by atoms with Crippen LogP contribution in [0.3, 0.4) is 0 Å². The summed E-state index contributed by atoms with van der Waals surface area (Å²) in [5.41, 5.74) is 6.02. The normalized spacial score (nSPS) is 31.5. The zero-order valence-corrected chi connectivity index (χ0v) is 18.2. The molecule has 1 heterocycles. The maximum atomic E-state index is 10.1. The van der Waals surface area contributed by atoms with Crippen LogP contribution in [0.4, 0.5) is 0 Å². The van der Waals surface area contributed by atoms with Crippen LogP contribution in [-0.2, 0) is 15.9 Å². The molecule has 1 fully saturated rings. The first kappa shape index (κ1) is 20.4. The Hall–Kier alpha value is -2.46. The highest BCUT2D eigenvalue weighted by molar-refractivity contribution is 5.57. The summed E-state index contributed by atoms with van der Waals surface area (Å²) in [6.07, 6.45) is 8.39. The quantitative estimate of drug-likeness (QED) is 0.718. The minimum Gasteiger partial charge on any atom is -0.392 e. The minimum atomic E-state index is -0.620. The number of hydrogen-bond acceptors (Lipinski definition) is 3. The Morgan fingerprint density at radius 2 is 1.58 bits per heavy atom. The molecule has 0 saturated carbocycles. The van der Waals surface area contributed by atoms with Crippen molar-refractivity contribution in [2.75, 3.05) is 6.61 Å². The van der Waals surface area contributed by atoms with E-state index >= 15 is 0 Å². The molecule has 0 amide bonds. The molecule has 2 aliphatic carbocycles. The predicted octanol–water partition coefficient (Wildman–Crippen LogP) is 5.34. The van der Waals surface area contributed by atoms with Gasteiger partial charge in [0.2, 0.25) is 0 Å². The minimum absolute atomic E-state index is 0.00632. The average Bonchev–Trinajstić information content (AvgIpc) is 3.04. The molecule has 1 aliphatic heterocycles. The Balaban J connectivity index is 1.57. The van der Waals surface area contributed by atoms with Crippen molar-refractivity contribution < 1.29 is 14.6 Å². The van der Waals surface area contributed by atoms with Crippen molar-refractivity contribution in [3.05, 3.63) is 107 Å². The molecule has 0 aromatic heterocycles. The van der Waals surface area contributed by atoms with E-state index in [-0.39, 0.29) is 24.7 Å². The molecule has 1 saturated heterocycles. The van der Waals surface area contributed by atoms with Gasteiger partial charge in [-0.25, -0.2) is 0 Å². The number of aliphatic hydroxyl groups excluding tert-OH is 1. The summed E-state index contributed by atoms with van der Waals surface area (Å²) >= 11 is 0. The highest BCUT2D eigenvalue weighted by atomic mass is 16.8. The zero-order chi connectivity index (χ0) is 21.4. The smallest absolute Gasteiger partial charge is 0.164 e. The molecule has 3 nitrogen and oxygen atoms in total. The molecule has 2 aromatic rings. The monoisotopic (exact) mass is 414 g/mol. The average molecular weight is 415 g/mol. The topological polar surface area (TPSA) is 38.7 Å². The van der Waals surface area contributed by atoms with Crippen molar-refractivity contribution in [1.82, 2.24) is 0 Å². The van der Waals surface area contributed by atoms with Gasteiger partial charge in [-0.3, -0.25) is 0 Å². The summed E-state index contributed by atoms with van der Waals surface area (Å²) in [7, 11) is 0. The summed E-state index contributed by atoms with van der Waals surface area (Å²) in [4.78, 5) is 0. The third-order valence-electron chi connectivity index (χ3n) is 6.70. The first-order chi connectivity index (χ1) is 15.1. The van der Waals surface area contributed by atoms with Crippen LogP contribution in [0.25, 0.3) is 0 Å². The largest absolute Gasteiger partial charge is 0.392 e. The summed E-state index contributed by atoms with van der Waals surface area (Å²) in [5.74, 6) is -0.0898. The number of allylic oxidation sites excluding steroid dienone is 3. The molecule has 0 bridgehead atoms. The standard InChI is InChI=1S/C28H30O3/c1-28(2)30-26-24-22(18-29)15-9-14-21(17-16-19-10-5-3-6-11-19)23(25(24)27(26)31-28)20-12-7-4-8-13-20/h3-15,21,23,26-27,29H,16-18H2,1-2H3/b14-9-,22-15-/t21-,23-,26-,27+/m0/s1. The van der Waals surface area contributed by atoms with Crippen LogP contribution in [0.15, 0.2) is 95.6 Å².